The molecule has 1 aliphatic rings. The smallest absolute Gasteiger partial charge is 0.0577 e. The van der Waals surface area contributed by atoms with E-state index in [-0.39, 0.29) is 0 Å². The lowest BCUT2D eigenvalue weighted by Crippen LogP contribution is -2.47. The highest BCUT2D eigenvalue weighted by atomic mass is 15.5. The maximum atomic E-state index is 3.87. The monoisotopic (exact) mass is 334 g/mol. The van der Waals surface area contributed by atoms with Crippen LogP contribution in [0.4, 0.5) is 11.4 Å². The molecule has 2 unspecified atom stereocenters. The van der Waals surface area contributed by atoms with Crippen molar-refractivity contribution in [1.82, 2.24) is 5.43 Å². The van der Waals surface area contributed by atoms with Crippen molar-refractivity contribution in [3.8, 4) is 0 Å². The molecule has 2 nitrogen and oxygen atoms in total. The first-order valence-electron chi connectivity index (χ1n) is 9.66. The van der Waals surface area contributed by atoms with Gasteiger partial charge in [0.1, 0.15) is 0 Å². The summed E-state index contributed by atoms with van der Waals surface area (Å²) < 4.78 is 0. The molecule has 0 radical (unpaired) electrons. The van der Waals surface area contributed by atoms with Crippen LogP contribution in [-0.2, 0) is 0 Å². The second kappa shape index (κ2) is 9.43. The molecule has 0 aromatic heterocycles. The van der Waals surface area contributed by atoms with Crippen molar-refractivity contribution >= 4 is 11.4 Å². The maximum Gasteiger partial charge on any atom is 0.0577 e. The van der Waals surface area contributed by atoms with Crippen LogP contribution in [-0.4, -0.2) is 6.04 Å². The molecule has 2 aromatic rings. The second-order valence-electron chi connectivity index (χ2n) is 7.01. The van der Waals surface area contributed by atoms with Crippen molar-refractivity contribution in [2.75, 3.05) is 5.01 Å². The Balaban J connectivity index is 1.77. The van der Waals surface area contributed by atoms with Crippen LogP contribution in [0.15, 0.2) is 73.3 Å². The summed E-state index contributed by atoms with van der Waals surface area (Å²) in [6, 6.07) is 21.8. The van der Waals surface area contributed by atoms with E-state index in [2.05, 4.69) is 77.7 Å². The van der Waals surface area contributed by atoms with E-state index in [0.717, 1.165) is 12.3 Å². The number of hydrogen-bond acceptors (Lipinski definition) is 2. The van der Waals surface area contributed by atoms with Gasteiger partial charge < -0.3 is 0 Å². The number of rotatable bonds is 8. The summed E-state index contributed by atoms with van der Waals surface area (Å²) in [7, 11) is 0. The molecule has 3 rings (SSSR count). The highest BCUT2D eigenvalue weighted by Gasteiger charge is 2.26. The van der Waals surface area contributed by atoms with Crippen molar-refractivity contribution < 1.29 is 0 Å². The normalized spacial score (nSPS) is 20.2. The fraction of sp³-hybridized carbons (Fsp3) is 0.391. The summed E-state index contributed by atoms with van der Waals surface area (Å²) in [5.41, 5.74) is 6.27. The van der Waals surface area contributed by atoms with Gasteiger partial charge in [-0.1, -0.05) is 55.3 Å². The van der Waals surface area contributed by atoms with E-state index < -0.39 is 0 Å². The zero-order valence-corrected chi connectivity index (χ0v) is 15.1. The third kappa shape index (κ3) is 4.96. The number of unbranched alkanes of at least 4 members (excludes halogenated alkanes) is 1. The lowest BCUT2D eigenvalue weighted by Gasteiger charge is -2.37. The largest absolute Gasteiger partial charge is 0.277 e. The van der Waals surface area contributed by atoms with Crippen molar-refractivity contribution in [1.29, 1.82) is 0 Å². The Bertz CT molecular complexity index is 584. The zero-order chi connectivity index (χ0) is 17.3. The fourth-order valence-electron chi connectivity index (χ4n) is 3.87. The van der Waals surface area contributed by atoms with Crippen LogP contribution in [0.5, 0.6) is 0 Å². The van der Waals surface area contributed by atoms with E-state index in [1.54, 1.807) is 0 Å². The van der Waals surface area contributed by atoms with Gasteiger partial charge in [0.25, 0.3) is 0 Å². The van der Waals surface area contributed by atoms with Crippen LogP contribution in [0.25, 0.3) is 0 Å². The molecule has 132 valence electrons. The van der Waals surface area contributed by atoms with E-state index in [9.17, 15) is 0 Å². The van der Waals surface area contributed by atoms with Crippen LogP contribution in [0.1, 0.15) is 44.9 Å². The van der Waals surface area contributed by atoms with E-state index in [0.29, 0.717) is 6.04 Å². The molecule has 0 bridgehead atoms. The molecule has 1 aliphatic carbocycles. The number of nitrogens with zero attached hydrogens (tertiary/aromatic N) is 1. The average Bonchev–Trinajstić information content (AvgIpc) is 2.69. The minimum absolute atomic E-state index is 0.541. The molecule has 0 aliphatic heterocycles. The van der Waals surface area contributed by atoms with Gasteiger partial charge in [-0.3, -0.25) is 5.01 Å². The molecule has 25 heavy (non-hydrogen) atoms. The van der Waals surface area contributed by atoms with Crippen LogP contribution in [0.3, 0.4) is 0 Å². The van der Waals surface area contributed by atoms with Gasteiger partial charge in [0, 0.05) is 6.04 Å². The molecular weight excluding hydrogens is 304 g/mol. The summed E-state index contributed by atoms with van der Waals surface area (Å²) in [4.78, 5) is 0. The summed E-state index contributed by atoms with van der Waals surface area (Å²) >= 11 is 0. The first kappa shape index (κ1) is 17.8. The SMILES string of the molecule is C=CCCCC1CCCCC1NN(c1ccccc1)c1ccccc1. The topological polar surface area (TPSA) is 15.3 Å². The first-order chi connectivity index (χ1) is 12.4. The van der Waals surface area contributed by atoms with Crippen molar-refractivity contribution in [3.05, 3.63) is 73.3 Å². The molecule has 2 aromatic carbocycles. The Morgan fingerprint density at radius 1 is 0.920 bits per heavy atom. The Kier molecular flexibility index (Phi) is 6.70. The molecule has 1 N–H and O–H groups in total. The Morgan fingerprint density at radius 2 is 1.52 bits per heavy atom. The third-order valence-corrected chi connectivity index (χ3v) is 5.22. The van der Waals surface area contributed by atoms with E-state index in [1.807, 2.05) is 6.08 Å². The second-order valence-corrected chi connectivity index (χ2v) is 7.01. The number of anilines is 2. The van der Waals surface area contributed by atoms with Gasteiger partial charge in [-0.25, -0.2) is 5.43 Å². The Hall–Kier alpha value is -2.06. The first-order valence-corrected chi connectivity index (χ1v) is 9.66. The highest BCUT2D eigenvalue weighted by molar-refractivity contribution is 5.61. The Morgan fingerprint density at radius 3 is 2.12 bits per heavy atom. The number of hydrogen-bond donors (Lipinski definition) is 1. The van der Waals surface area contributed by atoms with Crippen LogP contribution < -0.4 is 10.4 Å². The highest BCUT2D eigenvalue weighted by Crippen LogP contribution is 2.31. The Labute approximate surface area is 152 Å². The minimum Gasteiger partial charge on any atom is -0.277 e. The summed E-state index contributed by atoms with van der Waals surface area (Å²) in [5, 5.41) is 2.27. The van der Waals surface area contributed by atoms with E-state index >= 15 is 0 Å². The standard InChI is InChI=1S/C23H30N2/c1-2-3-6-13-20-14-11-12-19-23(20)24-25(21-15-7-4-8-16-21)22-17-9-5-10-18-22/h2,4-5,7-10,15-18,20,23-24H,1,3,6,11-14,19H2. The van der Waals surface area contributed by atoms with Crippen LogP contribution in [0, 0.1) is 5.92 Å². The summed E-state index contributed by atoms with van der Waals surface area (Å²) in [6.45, 7) is 3.87. The fourth-order valence-corrected chi connectivity index (χ4v) is 3.87. The van der Waals surface area contributed by atoms with E-state index in [4.69, 9.17) is 0 Å². The molecular formula is C23H30N2. The van der Waals surface area contributed by atoms with Gasteiger partial charge >= 0.3 is 0 Å². The van der Waals surface area contributed by atoms with Gasteiger partial charge in [0.2, 0.25) is 0 Å². The molecule has 2 atom stereocenters. The summed E-state index contributed by atoms with van der Waals surface area (Å²) in [5.74, 6) is 0.753. The van der Waals surface area contributed by atoms with Crippen LogP contribution >= 0.6 is 0 Å². The zero-order valence-electron chi connectivity index (χ0n) is 15.1. The van der Waals surface area contributed by atoms with Gasteiger partial charge in [0.15, 0.2) is 0 Å². The number of allylic oxidation sites excluding steroid dienone is 1. The van der Waals surface area contributed by atoms with Crippen LogP contribution in [0.2, 0.25) is 0 Å². The lowest BCUT2D eigenvalue weighted by atomic mass is 9.81. The lowest BCUT2D eigenvalue weighted by molar-refractivity contribution is 0.247. The van der Waals surface area contributed by atoms with Crippen molar-refractivity contribution in [2.24, 2.45) is 5.92 Å². The van der Waals surface area contributed by atoms with Gasteiger partial charge in [0.05, 0.1) is 11.4 Å². The third-order valence-electron chi connectivity index (χ3n) is 5.22. The van der Waals surface area contributed by atoms with Crippen molar-refractivity contribution in [2.45, 2.75) is 51.0 Å². The predicted molar refractivity (Wildman–Crippen MR) is 108 cm³/mol. The number of nitrogens with one attached hydrogen (secondary N) is 1. The predicted octanol–water partition coefficient (Wildman–Crippen LogP) is 6.24. The van der Waals surface area contributed by atoms with E-state index in [1.165, 1.54) is 49.9 Å². The molecule has 0 heterocycles. The molecule has 2 heteroatoms. The van der Waals surface area contributed by atoms with Gasteiger partial charge in [-0.05, 0) is 62.3 Å². The molecule has 0 amide bonds. The number of hydrazine groups is 1. The minimum atomic E-state index is 0.541. The van der Waals surface area contributed by atoms with Gasteiger partial charge in [-0.2, -0.15) is 0 Å². The molecule has 1 fully saturated rings. The average molecular weight is 335 g/mol. The molecule has 0 saturated heterocycles. The number of benzene rings is 2. The summed E-state index contributed by atoms with van der Waals surface area (Å²) in [6.07, 6.45) is 11.0. The number of para-hydroxylation sites is 2. The quantitative estimate of drug-likeness (QED) is 0.349. The molecule has 0 spiro atoms. The van der Waals surface area contributed by atoms with Gasteiger partial charge in [-0.15, -0.1) is 6.58 Å². The van der Waals surface area contributed by atoms with Crippen molar-refractivity contribution in [3.63, 3.8) is 0 Å². The maximum absolute atomic E-state index is 3.87. The molecule has 1 saturated carbocycles.